The van der Waals surface area contributed by atoms with Crippen LogP contribution in [0.3, 0.4) is 0 Å². The summed E-state index contributed by atoms with van der Waals surface area (Å²) in [4.78, 5) is 40.0. The van der Waals surface area contributed by atoms with Gasteiger partial charge in [0.25, 0.3) is 0 Å². The molecule has 0 aliphatic heterocycles. The van der Waals surface area contributed by atoms with E-state index in [1.54, 1.807) is 0 Å². The Balaban J connectivity index is 4.31. The number of nitrogens with zero attached hydrogens (tertiary/aromatic N) is 1. The molecule has 59 heavy (non-hydrogen) atoms. The van der Waals surface area contributed by atoms with Crippen LogP contribution in [-0.4, -0.2) is 62.3 Å². The predicted octanol–water partition coefficient (Wildman–Crippen LogP) is 15.3. The predicted molar refractivity (Wildman–Crippen MR) is 251 cm³/mol. The Morgan fingerprint density at radius 2 is 0.746 bits per heavy atom. The highest BCUT2D eigenvalue weighted by molar-refractivity contribution is 5.70. The van der Waals surface area contributed by atoms with Gasteiger partial charge in [-0.2, -0.15) is 0 Å². The van der Waals surface area contributed by atoms with Crippen LogP contribution in [-0.2, 0) is 28.6 Å². The van der Waals surface area contributed by atoms with Gasteiger partial charge in [0.2, 0.25) is 0 Å². The van der Waals surface area contributed by atoms with E-state index in [-0.39, 0.29) is 24.0 Å². The van der Waals surface area contributed by atoms with Crippen LogP contribution in [0, 0.1) is 11.8 Å². The van der Waals surface area contributed by atoms with E-state index in [1.165, 1.54) is 128 Å². The maximum Gasteiger partial charge on any atom is 0.306 e. The standard InChI is InChI=1S/C52H101NO6/c1-7-12-26-35-47(36-27-13-8-2)45-51(55)57-43-32-24-20-16-18-22-30-39-49(59-50(54)41-34-42-53(6)11-5)40-31-23-19-17-21-25-33-44-58-52(56)46-48(37-28-14-9-3)38-29-15-10-4/h47-49H,7-46H2,1-6H3. The normalized spacial score (nSPS) is 11.7. The number of rotatable bonds is 46. The fourth-order valence-corrected chi connectivity index (χ4v) is 8.26. The maximum absolute atomic E-state index is 12.7. The van der Waals surface area contributed by atoms with Crippen molar-refractivity contribution in [1.29, 1.82) is 0 Å². The highest BCUT2D eigenvalue weighted by Gasteiger charge is 2.17. The molecule has 0 atom stereocenters. The van der Waals surface area contributed by atoms with Crippen molar-refractivity contribution in [1.82, 2.24) is 4.90 Å². The van der Waals surface area contributed by atoms with Crippen LogP contribution in [0.5, 0.6) is 0 Å². The first-order chi connectivity index (χ1) is 28.8. The molecule has 0 aromatic heterocycles. The summed E-state index contributed by atoms with van der Waals surface area (Å²) in [6.07, 6.45) is 39.9. The fraction of sp³-hybridized carbons (Fsp3) is 0.942. The Hall–Kier alpha value is -1.63. The lowest BCUT2D eigenvalue weighted by Crippen LogP contribution is -2.22. The molecule has 0 spiro atoms. The zero-order valence-corrected chi connectivity index (χ0v) is 40.4. The SMILES string of the molecule is CCCCCC(CCCCC)CC(=O)OCCCCCCCCCC(CCCCCCCCCOC(=O)CC(CCCCC)CCCCC)OC(=O)CCCN(C)CC. The van der Waals surface area contributed by atoms with E-state index >= 15 is 0 Å². The van der Waals surface area contributed by atoms with E-state index in [1.807, 2.05) is 0 Å². The van der Waals surface area contributed by atoms with E-state index < -0.39 is 0 Å². The van der Waals surface area contributed by atoms with Crippen LogP contribution in [0.1, 0.15) is 266 Å². The summed E-state index contributed by atoms with van der Waals surface area (Å²) in [5.41, 5.74) is 0. The van der Waals surface area contributed by atoms with E-state index in [4.69, 9.17) is 14.2 Å². The van der Waals surface area contributed by atoms with Gasteiger partial charge in [0.1, 0.15) is 6.10 Å². The first kappa shape index (κ1) is 57.4. The molecule has 7 heteroatoms. The third kappa shape index (κ3) is 40.2. The topological polar surface area (TPSA) is 82.1 Å². The third-order valence-corrected chi connectivity index (χ3v) is 12.4. The zero-order chi connectivity index (χ0) is 43.4. The second-order valence-corrected chi connectivity index (χ2v) is 18.2. The molecular weight excluding hydrogens is 735 g/mol. The van der Waals surface area contributed by atoms with Gasteiger partial charge in [0.15, 0.2) is 0 Å². The highest BCUT2D eigenvalue weighted by Crippen LogP contribution is 2.24. The molecule has 7 nitrogen and oxygen atoms in total. The van der Waals surface area contributed by atoms with Gasteiger partial charge in [0, 0.05) is 19.3 Å². The molecule has 0 N–H and O–H groups in total. The summed E-state index contributed by atoms with van der Waals surface area (Å²) in [5.74, 6) is 0.962. The van der Waals surface area contributed by atoms with Crippen LogP contribution in [0.25, 0.3) is 0 Å². The van der Waals surface area contributed by atoms with Crippen molar-refractivity contribution in [2.75, 3.05) is 33.4 Å². The lowest BCUT2D eigenvalue weighted by molar-refractivity contribution is -0.150. The number of hydrogen-bond donors (Lipinski definition) is 0. The average molecular weight is 836 g/mol. The first-order valence-corrected chi connectivity index (χ1v) is 26.0. The zero-order valence-electron chi connectivity index (χ0n) is 40.4. The lowest BCUT2D eigenvalue weighted by atomic mass is 9.92. The molecule has 0 fully saturated rings. The minimum atomic E-state index is -0.0343. The molecule has 0 heterocycles. The average Bonchev–Trinajstić information content (AvgIpc) is 3.22. The molecule has 0 saturated carbocycles. The summed E-state index contributed by atoms with van der Waals surface area (Å²) in [7, 11) is 2.10. The summed E-state index contributed by atoms with van der Waals surface area (Å²) in [5, 5.41) is 0. The van der Waals surface area contributed by atoms with Crippen LogP contribution >= 0.6 is 0 Å². The summed E-state index contributed by atoms with van der Waals surface area (Å²) in [6, 6.07) is 0. The van der Waals surface area contributed by atoms with Gasteiger partial charge in [-0.25, -0.2) is 0 Å². The molecule has 0 saturated heterocycles. The van der Waals surface area contributed by atoms with Gasteiger partial charge in [0.05, 0.1) is 13.2 Å². The molecule has 0 amide bonds. The Kier molecular flexibility index (Phi) is 43.2. The monoisotopic (exact) mass is 836 g/mol. The van der Waals surface area contributed by atoms with Gasteiger partial charge < -0.3 is 19.1 Å². The van der Waals surface area contributed by atoms with Gasteiger partial charge >= 0.3 is 17.9 Å². The number of ether oxygens (including phenoxy) is 3. The van der Waals surface area contributed by atoms with Crippen molar-refractivity contribution < 1.29 is 28.6 Å². The van der Waals surface area contributed by atoms with Gasteiger partial charge in [-0.05, 0) is 103 Å². The number of carbonyl (C=O) groups excluding carboxylic acids is 3. The van der Waals surface area contributed by atoms with Crippen LogP contribution in [0.15, 0.2) is 0 Å². The summed E-state index contributed by atoms with van der Waals surface area (Å²) in [6.45, 7) is 14.1. The Morgan fingerprint density at radius 3 is 1.10 bits per heavy atom. The molecule has 0 bridgehead atoms. The number of unbranched alkanes of at least 4 members (excludes halogenated alkanes) is 20. The van der Waals surface area contributed by atoms with E-state index in [0.717, 1.165) is 96.6 Å². The van der Waals surface area contributed by atoms with E-state index in [0.29, 0.717) is 44.3 Å². The van der Waals surface area contributed by atoms with Crippen LogP contribution in [0.2, 0.25) is 0 Å². The second-order valence-electron chi connectivity index (χ2n) is 18.2. The number of esters is 3. The third-order valence-electron chi connectivity index (χ3n) is 12.4. The molecule has 0 rings (SSSR count). The number of carbonyl (C=O) groups is 3. The van der Waals surface area contributed by atoms with Gasteiger partial charge in [-0.3, -0.25) is 14.4 Å². The Bertz CT molecular complexity index is 849. The first-order valence-electron chi connectivity index (χ1n) is 26.0. The molecule has 350 valence electrons. The molecule has 0 unspecified atom stereocenters. The van der Waals surface area contributed by atoms with Gasteiger partial charge in [-0.15, -0.1) is 0 Å². The van der Waals surface area contributed by atoms with Crippen molar-refractivity contribution in [3.63, 3.8) is 0 Å². The Labute approximate surface area is 367 Å². The number of hydrogen-bond acceptors (Lipinski definition) is 7. The van der Waals surface area contributed by atoms with Crippen molar-refractivity contribution in [2.24, 2.45) is 11.8 Å². The highest BCUT2D eigenvalue weighted by atomic mass is 16.5. The quantitative estimate of drug-likeness (QED) is 0.0343. The summed E-state index contributed by atoms with van der Waals surface area (Å²) >= 11 is 0. The van der Waals surface area contributed by atoms with Gasteiger partial charge in [-0.1, -0.05) is 176 Å². The minimum absolute atomic E-state index is 0.00664. The summed E-state index contributed by atoms with van der Waals surface area (Å²) < 4.78 is 17.3. The molecule has 0 aliphatic rings. The fourth-order valence-electron chi connectivity index (χ4n) is 8.26. The van der Waals surface area contributed by atoms with E-state index in [2.05, 4.69) is 46.6 Å². The van der Waals surface area contributed by atoms with Crippen molar-refractivity contribution in [3.05, 3.63) is 0 Å². The molecular formula is C52H101NO6. The largest absolute Gasteiger partial charge is 0.466 e. The van der Waals surface area contributed by atoms with E-state index in [9.17, 15) is 14.4 Å². The maximum atomic E-state index is 12.7. The molecule has 0 radical (unpaired) electrons. The smallest absolute Gasteiger partial charge is 0.306 e. The lowest BCUT2D eigenvalue weighted by Gasteiger charge is -2.19. The minimum Gasteiger partial charge on any atom is -0.466 e. The molecule has 0 aliphatic carbocycles. The second kappa shape index (κ2) is 44.4. The van der Waals surface area contributed by atoms with Crippen LogP contribution < -0.4 is 0 Å². The van der Waals surface area contributed by atoms with Crippen LogP contribution in [0.4, 0.5) is 0 Å². The van der Waals surface area contributed by atoms with Crippen molar-refractivity contribution in [2.45, 2.75) is 272 Å². The molecule has 0 aromatic rings. The molecule has 0 aromatic carbocycles. The van der Waals surface area contributed by atoms with Crippen molar-refractivity contribution in [3.8, 4) is 0 Å². The van der Waals surface area contributed by atoms with Crippen molar-refractivity contribution >= 4 is 17.9 Å². The Morgan fingerprint density at radius 1 is 0.407 bits per heavy atom.